The Morgan fingerprint density at radius 2 is 0.782 bits per heavy atom. The Kier molecular flexibility index (Phi) is 16.8. The van der Waals surface area contributed by atoms with Gasteiger partial charge in [0, 0.05) is 22.7 Å². The molecule has 0 radical (unpaired) electrons. The van der Waals surface area contributed by atoms with Gasteiger partial charge < -0.3 is 4.74 Å². The molecule has 0 saturated heterocycles. The molecule has 0 heterocycles. The molecule has 4 saturated carbocycles. The summed E-state index contributed by atoms with van der Waals surface area (Å²) in [6.45, 7) is 11.4. The van der Waals surface area contributed by atoms with E-state index in [4.69, 9.17) is 4.74 Å². The Morgan fingerprint density at radius 1 is 0.436 bits per heavy atom. The van der Waals surface area contributed by atoms with Crippen LogP contribution in [0.4, 0.5) is 0 Å². The summed E-state index contributed by atoms with van der Waals surface area (Å²) in [6, 6.07) is 0. The lowest BCUT2D eigenvalue weighted by molar-refractivity contribution is -0.0280. The molecule has 0 aromatic carbocycles. The van der Waals surface area contributed by atoms with E-state index >= 15 is 0 Å². The van der Waals surface area contributed by atoms with E-state index in [9.17, 15) is 0 Å². The summed E-state index contributed by atoms with van der Waals surface area (Å²) in [5.74, 6) is 4.50. The minimum absolute atomic E-state index is 0.252. The van der Waals surface area contributed by atoms with Crippen LogP contribution in [0.5, 0.6) is 0 Å². The van der Waals surface area contributed by atoms with Crippen LogP contribution in [0, 0.1) is 57.2 Å². The fourth-order valence-corrected chi connectivity index (χ4v) is 14.0. The van der Waals surface area contributed by atoms with Gasteiger partial charge in [-0.05, 0) is 98.7 Å². The van der Waals surface area contributed by atoms with Crippen molar-refractivity contribution in [2.75, 3.05) is 13.2 Å². The second-order valence-corrected chi connectivity index (χ2v) is 21.1. The Balaban J connectivity index is 1.11. The highest BCUT2D eigenvalue weighted by atomic mass is 16.5. The van der Waals surface area contributed by atoms with Crippen molar-refractivity contribution in [3.8, 4) is 0 Å². The smallest absolute Gasteiger partial charge is 0.0563 e. The molecule has 1 nitrogen and oxygen atoms in total. The molecule has 6 aliphatic carbocycles. The van der Waals surface area contributed by atoms with Gasteiger partial charge in [-0.25, -0.2) is 0 Å². The zero-order chi connectivity index (χ0) is 38.5. The van der Waals surface area contributed by atoms with Gasteiger partial charge in [-0.3, -0.25) is 0 Å². The molecular weight excluding hydrogens is 665 g/mol. The molecule has 312 valence electrons. The summed E-state index contributed by atoms with van der Waals surface area (Å²) < 4.78 is 6.69. The van der Waals surface area contributed by atoms with Crippen LogP contribution in [0.2, 0.25) is 0 Å². The lowest BCUT2D eigenvalue weighted by atomic mass is 9.47. The van der Waals surface area contributed by atoms with Gasteiger partial charge in [-0.15, -0.1) is 0 Å². The standard InChI is InChI=1S/C54H90O/c1-5-7-9-11-15-33-51(53(35-17-13-18-36-53)49-25-21-45(3)22-26-49)39-29-47(30-40-51)43-55-44-48-31-41-52(42-32-48,34-16-12-10-8-6-2)54(37-19-14-20-38-54)50-27-23-46(4)24-28-50/h29-32,39-42,45-50H,5-28,33-38,43-44H2,1-4H3. The second kappa shape index (κ2) is 21.3. The van der Waals surface area contributed by atoms with Gasteiger partial charge in [-0.2, -0.15) is 0 Å². The zero-order valence-electron chi connectivity index (χ0n) is 37.1. The van der Waals surface area contributed by atoms with Crippen LogP contribution in [-0.4, -0.2) is 13.2 Å². The van der Waals surface area contributed by atoms with E-state index in [2.05, 4.69) is 76.3 Å². The summed E-state index contributed by atoms with van der Waals surface area (Å²) in [4.78, 5) is 0. The topological polar surface area (TPSA) is 9.23 Å². The maximum Gasteiger partial charge on any atom is 0.0563 e. The molecule has 0 spiro atoms. The van der Waals surface area contributed by atoms with E-state index in [0.717, 1.165) is 36.9 Å². The highest BCUT2D eigenvalue weighted by molar-refractivity contribution is 5.28. The quantitative estimate of drug-likeness (QED) is 0.0888. The summed E-state index contributed by atoms with van der Waals surface area (Å²) >= 11 is 0. The van der Waals surface area contributed by atoms with Crippen LogP contribution < -0.4 is 0 Å². The van der Waals surface area contributed by atoms with Gasteiger partial charge in [0.15, 0.2) is 0 Å². The highest BCUT2D eigenvalue weighted by Gasteiger charge is 2.54. The number of unbranched alkanes of at least 4 members (excludes halogenated alkanes) is 8. The first-order valence-electron chi connectivity index (χ1n) is 25.2. The Morgan fingerprint density at radius 3 is 1.13 bits per heavy atom. The molecule has 0 bridgehead atoms. The van der Waals surface area contributed by atoms with Gasteiger partial charge in [0.1, 0.15) is 0 Å². The first-order valence-corrected chi connectivity index (χ1v) is 25.2. The van der Waals surface area contributed by atoms with E-state index < -0.39 is 0 Å². The predicted octanol–water partition coefficient (Wildman–Crippen LogP) is 16.7. The summed E-state index contributed by atoms with van der Waals surface area (Å²) in [5, 5.41) is 0. The van der Waals surface area contributed by atoms with Gasteiger partial charge in [0.2, 0.25) is 0 Å². The van der Waals surface area contributed by atoms with E-state index in [0.29, 0.717) is 22.7 Å². The summed E-state index contributed by atoms with van der Waals surface area (Å²) in [5.41, 5.74) is 1.45. The number of hydrogen-bond donors (Lipinski definition) is 0. The van der Waals surface area contributed by atoms with Crippen molar-refractivity contribution < 1.29 is 4.74 Å². The Hall–Kier alpha value is -1.08. The van der Waals surface area contributed by atoms with E-state index in [1.165, 1.54) is 193 Å². The molecule has 0 unspecified atom stereocenters. The van der Waals surface area contributed by atoms with Crippen molar-refractivity contribution in [3.63, 3.8) is 0 Å². The average Bonchev–Trinajstić information content (AvgIpc) is 3.23. The largest absolute Gasteiger partial charge is 0.380 e. The fraction of sp³-hybridized carbons (Fsp3) is 0.852. The lowest BCUT2D eigenvalue weighted by Gasteiger charge is -2.57. The first-order chi connectivity index (χ1) is 26.9. The third-order valence-corrected chi connectivity index (χ3v) is 17.5. The maximum absolute atomic E-state index is 6.69. The molecule has 6 rings (SSSR count). The maximum atomic E-state index is 6.69. The third kappa shape index (κ3) is 10.4. The molecule has 0 N–H and O–H groups in total. The fourth-order valence-electron chi connectivity index (χ4n) is 14.0. The van der Waals surface area contributed by atoms with Crippen LogP contribution in [0.3, 0.4) is 0 Å². The van der Waals surface area contributed by atoms with Gasteiger partial charge in [0.25, 0.3) is 0 Å². The van der Waals surface area contributed by atoms with Crippen molar-refractivity contribution in [2.24, 2.45) is 57.2 Å². The van der Waals surface area contributed by atoms with Crippen molar-refractivity contribution in [3.05, 3.63) is 48.6 Å². The number of ether oxygens (including phenoxy) is 1. The van der Waals surface area contributed by atoms with Crippen LogP contribution in [0.15, 0.2) is 48.6 Å². The number of rotatable bonds is 20. The monoisotopic (exact) mass is 755 g/mol. The van der Waals surface area contributed by atoms with E-state index in [1.807, 2.05) is 0 Å². The average molecular weight is 755 g/mol. The molecule has 0 aromatic rings. The first kappa shape index (κ1) is 43.5. The number of hydrogen-bond acceptors (Lipinski definition) is 1. The minimum atomic E-state index is 0.252. The SMILES string of the molecule is CCCCCCCC1(C2(C3CCC(C)CC3)CCCCC2)C=CC(COCC2C=CC(CCCCCCC)(C3(C4CCC(C)CC4)CCCCC3)C=C2)C=C1. The Labute approximate surface area is 342 Å². The van der Waals surface area contributed by atoms with Crippen molar-refractivity contribution >= 4 is 0 Å². The summed E-state index contributed by atoms with van der Waals surface area (Å²) in [6.07, 6.45) is 64.5. The van der Waals surface area contributed by atoms with Gasteiger partial charge >= 0.3 is 0 Å². The van der Waals surface area contributed by atoms with Crippen LogP contribution in [0.25, 0.3) is 0 Å². The summed E-state index contributed by atoms with van der Waals surface area (Å²) in [7, 11) is 0. The molecule has 0 aromatic heterocycles. The molecule has 0 amide bonds. The van der Waals surface area contributed by atoms with Crippen molar-refractivity contribution in [1.29, 1.82) is 0 Å². The Bertz CT molecular complexity index is 1080. The normalized spacial score (nSPS) is 35.9. The van der Waals surface area contributed by atoms with Crippen molar-refractivity contribution in [2.45, 2.75) is 220 Å². The molecule has 0 atom stereocenters. The molecule has 0 aliphatic heterocycles. The molecule has 55 heavy (non-hydrogen) atoms. The lowest BCUT2D eigenvalue weighted by Crippen LogP contribution is -2.48. The highest BCUT2D eigenvalue weighted by Crippen LogP contribution is 2.64. The van der Waals surface area contributed by atoms with Crippen LogP contribution in [-0.2, 0) is 4.74 Å². The van der Waals surface area contributed by atoms with Crippen molar-refractivity contribution in [1.82, 2.24) is 0 Å². The van der Waals surface area contributed by atoms with Crippen LogP contribution >= 0.6 is 0 Å². The molecule has 1 heteroatoms. The van der Waals surface area contributed by atoms with Crippen LogP contribution in [0.1, 0.15) is 220 Å². The third-order valence-electron chi connectivity index (χ3n) is 17.5. The van der Waals surface area contributed by atoms with Gasteiger partial charge in [-0.1, -0.05) is 205 Å². The predicted molar refractivity (Wildman–Crippen MR) is 239 cm³/mol. The van der Waals surface area contributed by atoms with E-state index in [1.54, 1.807) is 0 Å². The molecular formula is C54H90O. The molecule has 4 fully saturated rings. The number of allylic oxidation sites excluding steroid dienone is 4. The van der Waals surface area contributed by atoms with E-state index in [-0.39, 0.29) is 10.8 Å². The second-order valence-electron chi connectivity index (χ2n) is 21.1. The zero-order valence-corrected chi connectivity index (χ0v) is 37.1. The molecule has 6 aliphatic rings. The minimum Gasteiger partial charge on any atom is -0.380 e. The van der Waals surface area contributed by atoms with Gasteiger partial charge in [0.05, 0.1) is 13.2 Å².